The molecule has 0 spiro atoms. The first-order valence-electron chi connectivity index (χ1n) is 8.47. The highest BCUT2D eigenvalue weighted by molar-refractivity contribution is 9.10. The number of benzene rings is 2. The largest absolute Gasteiger partial charge is 0.493 e. The van der Waals surface area contributed by atoms with E-state index in [1.807, 2.05) is 24.3 Å². The summed E-state index contributed by atoms with van der Waals surface area (Å²) in [4.78, 5) is 24.2. The number of hydrogen-bond acceptors (Lipinski definition) is 4. The summed E-state index contributed by atoms with van der Waals surface area (Å²) in [5, 5.41) is 6.42. The Balaban J connectivity index is 1.46. The Morgan fingerprint density at radius 3 is 2.44 bits per heavy atom. The lowest BCUT2D eigenvalue weighted by atomic mass is 10.2. The zero-order valence-corrected chi connectivity index (χ0v) is 16.3. The summed E-state index contributed by atoms with van der Waals surface area (Å²) in [5.74, 6) is 0.376. The molecule has 7 heteroatoms. The van der Waals surface area contributed by atoms with E-state index < -0.39 is 0 Å². The Hall–Kier alpha value is -2.80. The molecule has 3 rings (SSSR count). The van der Waals surface area contributed by atoms with Gasteiger partial charge >= 0.3 is 0 Å². The van der Waals surface area contributed by atoms with Crippen LogP contribution in [0, 0.1) is 0 Å². The average molecular weight is 431 g/mol. The summed E-state index contributed by atoms with van der Waals surface area (Å²) in [7, 11) is 1.56. The molecule has 2 aromatic carbocycles. The van der Waals surface area contributed by atoms with Crippen molar-refractivity contribution in [1.82, 2.24) is 10.6 Å². The van der Waals surface area contributed by atoms with Gasteiger partial charge in [0.15, 0.2) is 17.1 Å². The molecule has 0 atom stereocenters. The summed E-state index contributed by atoms with van der Waals surface area (Å²) in [5.41, 5.74) is 1.14. The highest BCUT2D eigenvalue weighted by atomic mass is 79.9. The fraction of sp³-hybridized carbons (Fsp3) is 0.200. The minimum atomic E-state index is -0.299. The molecule has 6 nitrogen and oxygen atoms in total. The molecular weight excluding hydrogens is 412 g/mol. The number of carbonyl (C=O) groups is 2. The molecule has 3 aromatic rings. The number of fused-ring (bicyclic) bond motifs is 1. The van der Waals surface area contributed by atoms with Crippen LogP contribution in [0.4, 0.5) is 0 Å². The molecule has 140 valence electrons. The molecule has 0 aliphatic heterocycles. The van der Waals surface area contributed by atoms with Crippen molar-refractivity contribution in [3.8, 4) is 5.75 Å². The fourth-order valence-corrected chi connectivity index (χ4v) is 2.86. The smallest absolute Gasteiger partial charge is 0.287 e. The van der Waals surface area contributed by atoms with Gasteiger partial charge in [-0.15, -0.1) is 0 Å². The standard InChI is InChI=1S/C20H19BrN2O4/c1-26-16-5-2-4-14-12-17(27-18(14)16)20(25)23-11-3-10-22-19(24)13-6-8-15(21)9-7-13/h2,4-9,12H,3,10-11H2,1H3,(H,22,24)(H,23,25). The van der Waals surface area contributed by atoms with Crippen LogP contribution >= 0.6 is 15.9 Å². The Bertz CT molecular complexity index is 950. The van der Waals surface area contributed by atoms with Crippen LogP contribution in [0.3, 0.4) is 0 Å². The maximum absolute atomic E-state index is 12.2. The van der Waals surface area contributed by atoms with Crippen LogP contribution in [0.25, 0.3) is 11.0 Å². The van der Waals surface area contributed by atoms with Gasteiger partial charge in [-0.1, -0.05) is 28.1 Å². The monoisotopic (exact) mass is 430 g/mol. The van der Waals surface area contributed by atoms with Crippen LogP contribution in [-0.4, -0.2) is 32.0 Å². The number of furan rings is 1. The van der Waals surface area contributed by atoms with Crippen molar-refractivity contribution >= 4 is 38.7 Å². The number of nitrogens with one attached hydrogen (secondary N) is 2. The second kappa shape index (κ2) is 8.73. The normalized spacial score (nSPS) is 10.6. The molecule has 0 radical (unpaired) electrons. The van der Waals surface area contributed by atoms with Crippen LogP contribution in [0.2, 0.25) is 0 Å². The Kier molecular flexibility index (Phi) is 6.13. The molecule has 2 N–H and O–H groups in total. The minimum absolute atomic E-state index is 0.141. The first-order valence-corrected chi connectivity index (χ1v) is 9.26. The molecule has 1 aromatic heterocycles. The zero-order chi connectivity index (χ0) is 19.2. The van der Waals surface area contributed by atoms with Gasteiger partial charge in [-0.05, 0) is 42.8 Å². The minimum Gasteiger partial charge on any atom is -0.493 e. The molecular formula is C20H19BrN2O4. The fourth-order valence-electron chi connectivity index (χ4n) is 2.59. The van der Waals surface area contributed by atoms with Gasteiger partial charge in [-0.25, -0.2) is 0 Å². The van der Waals surface area contributed by atoms with Gasteiger partial charge in [-0.3, -0.25) is 9.59 Å². The number of methoxy groups -OCH3 is 1. The summed E-state index contributed by atoms with van der Waals surface area (Å²) in [6, 6.07) is 14.3. The van der Waals surface area contributed by atoms with E-state index in [0.29, 0.717) is 36.4 Å². The Labute approximate surface area is 165 Å². The third-order valence-corrected chi connectivity index (χ3v) is 4.51. The van der Waals surface area contributed by atoms with E-state index >= 15 is 0 Å². The van der Waals surface area contributed by atoms with Gasteiger partial charge in [0, 0.05) is 28.5 Å². The number of para-hydroxylation sites is 1. The van der Waals surface area contributed by atoms with Crippen molar-refractivity contribution in [1.29, 1.82) is 0 Å². The highest BCUT2D eigenvalue weighted by Crippen LogP contribution is 2.28. The number of halogens is 1. The molecule has 1 heterocycles. The Morgan fingerprint density at radius 2 is 1.74 bits per heavy atom. The second-order valence-electron chi connectivity index (χ2n) is 5.86. The summed E-state index contributed by atoms with van der Waals surface area (Å²) in [6.07, 6.45) is 0.609. The van der Waals surface area contributed by atoms with Crippen LogP contribution in [-0.2, 0) is 0 Å². The quantitative estimate of drug-likeness (QED) is 0.559. The summed E-state index contributed by atoms with van der Waals surface area (Å²) < 4.78 is 11.8. The van der Waals surface area contributed by atoms with Gasteiger partial charge in [0.25, 0.3) is 11.8 Å². The van der Waals surface area contributed by atoms with Crippen molar-refractivity contribution in [2.45, 2.75) is 6.42 Å². The summed E-state index contributed by atoms with van der Waals surface area (Å²) in [6.45, 7) is 0.886. The first-order chi connectivity index (χ1) is 13.1. The van der Waals surface area contributed by atoms with Crippen molar-refractivity contribution in [3.05, 3.63) is 64.3 Å². The first kappa shape index (κ1) is 19.0. The highest BCUT2D eigenvalue weighted by Gasteiger charge is 2.14. The Morgan fingerprint density at radius 1 is 1.04 bits per heavy atom. The zero-order valence-electron chi connectivity index (χ0n) is 14.8. The SMILES string of the molecule is COc1cccc2cc(C(=O)NCCCNC(=O)c3ccc(Br)cc3)oc12. The molecule has 0 saturated carbocycles. The van der Waals surface area contributed by atoms with E-state index in [0.717, 1.165) is 9.86 Å². The van der Waals surface area contributed by atoms with Gasteiger partial charge in [0.1, 0.15) is 0 Å². The van der Waals surface area contributed by atoms with Gasteiger partial charge in [-0.2, -0.15) is 0 Å². The third-order valence-electron chi connectivity index (χ3n) is 3.98. The number of amides is 2. The molecule has 0 saturated heterocycles. The maximum Gasteiger partial charge on any atom is 0.287 e. The maximum atomic E-state index is 12.2. The van der Waals surface area contributed by atoms with Crippen molar-refractivity contribution in [2.75, 3.05) is 20.2 Å². The predicted molar refractivity (Wildman–Crippen MR) is 106 cm³/mol. The van der Waals surface area contributed by atoms with E-state index in [9.17, 15) is 9.59 Å². The van der Waals surface area contributed by atoms with Gasteiger partial charge in [0.05, 0.1) is 7.11 Å². The van der Waals surface area contributed by atoms with Crippen LogP contribution in [0.15, 0.2) is 57.4 Å². The van der Waals surface area contributed by atoms with E-state index in [2.05, 4.69) is 26.6 Å². The lowest BCUT2D eigenvalue weighted by Gasteiger charge is -2.06. The molecule has 0 fully saturated rings. The number of ether oxygens (including phenoxy) is 1. The van der Waals surface area contributed by atoms with E-state index in [-0.39, 0.29) is 17.6 Å². The molecule has 27 heavy (non-hydrogen) atoms. The number of carbonyl (C=O) groups excluding carboxylic acids is 2. The topological polar surface area (TPSA) is 80.6 Å². The van der Waals surface area contributed by atoms with Crippen molar-refractivity contribution in [2.24, 2.45) is 0 Å². The third kappa shape index (κ3) is 4.68. The van der Waals surface area contributed by atoms with E-state index in [1.165, 1.54) is 0 Å². The van der Waals surface area contributed by atoms with Crippen molar-refractivity contribution in [3.63, 3.8) is 0 Å². The van der Waals surface area contributed by atoms with E-state index in [1.54, 1.807) is 31.4 Å². The van der Waals surface area contributed by atoms with Gasteiger partial charge < -0.3 is 19.8 Å². The van der Waals surface area contributed by atoms with Crippen LogP contribution in [0.5, 0.6) is 5.75 Å². The number of rotatable bonds is 7. The lowest BCUT2D eigenvalue weighted by molar-refractivity contribution is 0.0927. The molecule has 0 aliphatic carbocycles. The van der Waals surface area contributed by atoms with Crippen LogP contribution in [0.1, 0.15) is 27.3 Å². The summed E-state index contributed by atoms with van der Waals surface area (Å²) >= 11 is 3.33. The van der Waals surface area contributed by atoms with Gasteiger partial charge in [0.2, 0.25) is 0 Å². The molecule has 0 bridgehead atoms. The van der Waals surface area contributed by atoms with E-state index in [4.69, 9.17) is 9.15 Å². The molecule has 0 aliphatic rings. The molecule has 2 amide bonds. The van der Waals surface area contributed by atoms with Crippen LogP contribution < -0.4 is 15.4 Å². The molecule has 0 unspecified atom stereocenters. The predicted octanol–water partition coefficient (Wildman–Crippen LogP) is 3.75. The van der Waals surface area contributed by atoms with Crippen molar-refractivity contribution < 1.29 is 18.7 Å². The lowest BCUT2D eigenvalue weighted by Crippen LogP contribution is -2.29. The average Bonchev–Trinajstić information content (AvgIpc) is 3.12. The number of hydrogen-bond donors (Lipinski definition) is 2. The second-order valence-corrected chi connectivity index (χ2v) is 6.78.